The third-order valence-corrected chi connectivity index (χ3v) is 5.15. The van der Waals surface area contributed by atoms with Gasteiger partial charge in [-0.25, -0.2) is 4.98 Å². The molecular weight excluding hydrogens is 326 g/mol. The number of aryl methyl sites for hydroxylation is 1. The third kappa shape index (κ3) is 4.22. The second kappa shape index (κ2) is 7.46. The van der Waals surface area contributed by atoms with Crippen LogP contribution in [0.1, 0.15) is 41.6 Å². The number of rotatable bonds is 5. The van der Waals surface area contributed by atoms with E-state index >= 15 is 0 Å². The number of ether oxygens (including phenoxy) is 1. The summed E-state index contributed by atoms with van der Waals surface area (Å²) in [7, 11) is 0. The fourth-order valence-corrected chi connectivity index (χ4v) is 3.42. The van der Waals surface area contributed by atoms with Gasteiger partial charge >= 0.3 is 0 Å². The Kier molecular flexibility index (Phi) is 4.89. The molecule has 2 aliphatic rings. The normalized spacial score (nSPS) is 22.7. The molecule has 1 saturated carbocycles. The molecule has 2 aromatic rings. The molecule has 2 unspecified atom stereocenters. The highest BCUT2D eigenvalue weighted by Crippen LogP contribution is 2.38. The molecule has 2 fully saturated rings. The van der Waals surface area contributed by atoms with Gasteiger partial charge in [-0.15, -0.1) is 0 Å². The van der Waals surface area contributed by atoms with Crippen molar-refractivity contribution in [3.63, 3.8) is 0 Å². The number of nitrogens with one attached hydrogen (secondary N) is 2. The Morgan fingerprint density at radius 2 is 1.92 bits per heavy atom. The molecular formula is C21H25N3O2. The van der Waals surface area contributed by atoms with Gasteiger partial charge in [0.05, 0.1) is 11.7 Å². The second-order valence-electron chi connectivity index (χ2n) is 7.36. The van der Waals surface area contributed by atoms with Crippen LogP contribution in [0.25, 0.3) is 0 Å². The number of amides is 1. The summed E-state index contributed by atoms with van der Waals surface area (Å²) in [5.41, 5.74) is 2.51. The van der Waals surface area contributed by atoms with Gasteiger partial charge in [0.25, 0.3) is 5.91 Å². The molecule has 0 radical (unpaired) electrons. The minimum Gasteiger partial charge on any atom is -0.378 e. The zero-order valence-corrected chi connectivity index (χ0v) is 15.1. The van der Waals surface area contributed by atoms with Crippen molar-refractivity contribution in [3.05, 3.63) is 53.7 Å². The van der Waals surface area contributed by atoms with Crippen LogP contribution in [0.5, 0.6) is 0 Å². The minimum atomic E-state index is -0.146. The first kappa shape index (κ1) is 17.0. The van der Waals surface area contributed by atoms with E-state index in [1.165, 1.54) is 12.8 Å². The van der Waals surface area contributed by atoms with E-state index in [1.54, 1.807) is 6.20 Å². The summed E-state index contributed by atoms with van der Waals surface area (Å²) in [6.07, 6.45) is 6.69. The molecule has 136 valence electrons. The number of pyridine rings is 1. The lowest BCUT2D eigenvalue weighted by molar-refractivity contribution is -0.00223. The van der Waals surface area contributed by atoms with Crippen molar-refractivity contribution in [2.24, 2.45) is 5.92 Å². The van der Waals surface area contributed by atoms with Gasteiger partial charge in [-0.05, 0) is 62.8 Å². The van der Waals surface area contributed by atoms with Crippen molar-refractivity contribution in [1.29, 1.82) is 0 Å². The lowest BCUT2D eigenvalue weighted by Crippen LogP contribution is -2.35. The van der Waals surface area contributed by atoms with E-state index in [2.05, 4.69) is 15.6 Å². The zero-order valence-electron chi connectivity index (χ0n) is 15.1. The molecule has 1 aromatic carbocycles. The van der Waals surface area contributed by atoms with Crippen LogP contribution in [0.4, 0.5) is 11.5 Å². The Bertz CT molecular complexity index is 754. The molecule has 4 rings (SSSR count). The summed E-state index contributed by atoms with van der Waals surface area (Å²) < 4.78 is 5.87. The monoisotopic (exact) mass is 351 g/mol. The number of benzene rings is 1. The standard InChI is InChI=1S/C21H25N3O2/c1-14-2-7-17(8-3-14)24-21(25)16-6-9-20(22-13-16)23-18-10-11-26-19(12-18)15-4-5-15/h2-3,6-9,13,15,18-19H,4-5,10-12H2,1H3,(H,22,23)(H,24,25). The first-order valence-corrected chi connectivity index (χ1v) is 9.39. The van der Waals surface area contributed by atoms with Gasteiger partial charge in [-0.3, -0.25) is 4.79 Å². The largest absolute Gasteiger partial charge is 0.378 e. The molecule has 0 spiro atoms. The van der Waals surface area contributed by atoms with E-state index in [0.29, 0.717) is 17.7 Å². The number of carbonyl (C=O) groups excluding carboxylic acids is 1. The molecule has 5 nitrogen and oxygen atoms in total. The van der Waals surface area contributed by atoms with Crippen LogP contribution in [-0.4, -0.2) is 29.6 Å². The lowest BCUT2D eigenvalue weighted by atomic mass is 10.00. The maximum atomic E-state index is 12.3. The molecule has 0 bridgehead atoms. The highest BCUT2D eigenvalue weighted by Gasteiger charge is 2.35. The number of hydrogen-bond donors (Lipinski definition) is 2. The van der Waals surface area contributed by atoms with Gasteiger partial charge in [-0.1, -0.05) is 17.7 Å². The van der Waals surface area contributed by atoms with Gasteiger partial charge in [0.2, 0.25) is 0 Å². The smallest absolute Gasteiger partial charge is 0.257 e. The summed E-state index contributed by atoms with van der Waals surface area (Å²) in [4.78, 5) is 16.8. The maximum absolute atomic E-state index is 12.3. The highest BCUT2D eigenvalue weighted by molar-refractivity contribution is 6.04. The van der Waals surface area contributed by atoms with E-state index in [9.17, 15) is 4.79 Å². The third-order valence-electron chi connectivity index (χ3n) is 5.15. The van der Waals surface area contributed by atoms with E-state index in [1.807, 2.05) is 43.3 Å². The minimum absolute atomic E-state index is 0.146. The van der Waals surface area contributed by atoms with Crippen molar-refractivity contribution in [1.82, 2.24) is 4.98 Å². The first-order valence-electron chi connectivity index (χ1n) is 9.39. The number of hydrogen-bond acceptors (Lipinski definition) is 4. The van der Waals surface area contributed by atoms with E-state index < -0.39 is 0 Å². The summed E-state index contributed by atoms with van der Waals surface area (Å²) in [5, 5.41) is 6.39. The van der Waals surface area contributed by atoms with Gasteiger partial charge in [0, 0.05) is 24.5 Å². The molecule has 1 aliphatic carbocycles. The van der Waals surface area contributed by atoms with E-state index in [0.717, 1.165) is 42.4 Å². The molecule has 2 N–H and O–H groups in total. The lowest BCUT2D eigenvalue weighted by Gasteiger charge is -2.30. The van der Waals surface area contributed by atoms with Crippen LogP contribution in [0.15, 0.2) is 42.6 Å². The molecule has 5 heteroatoms. The summed E-state index contributed by atoms with van der Waals surface area (Å²) in [6.45, 7) is 2.84. The van der Waals surface area contributed by atoms with Crippen LogP contribution in [0.3, 0.4) is 0 Å². The zero-order chi connectivity index (χ0) is 17.9. The fourth-order valence-electron chi connectivity index (χ4n) is 3.42. The highest BCUT2D eigenvalue weighted by atomic mass is 16.5. The summed E-state index contributed by atoms with van der Waals surface area (Å²) >= 11 is 0. The first-order chi connectivity index (χ1) is 12.7. The van der Waals surface area contributed by atoms with Gasteiger partial charge in [0.15, 0.2) is 0 Å². The number of nitrogens with zero attached hydrogens (tertiary/aromatic N) is 1. The van der Waals surface area contributed by atoms with Crippen LogP contribution in [0.2, 0.25) is 0 Å². The average Bonchev–Trinajstić information content (AvgIpc) is 3.50. The van der Waals surface area contributed by atoms with Gasteiger partial charge in [-0.2, -0.15) is 0 Å². The number of carbonyl (C=O) groups is 1. The van der Waals surface area contributed by atoms with Crippen LogP contribution < -0.4 is 10.6 Å². The van der Waals surface area contributed by atoms with Gasteiger partial charge < -0.3 is 15.4 Å². The second-order valence-corrected chi connectivity index (χ2v) is 7.36. The molecule has 1 aliphatic heterocycles. The Hall–Kier alpha value is -2.40. The summed E-state index contributed by atoms with van der Waals surface area (Å²) in [5.74, 6) is 1.44. The van der Waals surface area contributed by atoms with Crippen molar-refractivity contribution < 1.29 is 9.53 Å². The topological polar surface area (TPSA) is 63.2 Å². The summed E-state index contributed by atoms with van der Waals surface area (Å²) in [6, 6.07) is 11.8. The van der Waals surface area contributed by atoms with E-state index in [-0.39, 0.29) is 5.91 Å². The Labute approximate surface area is 154 Å². The number of anilines is 2. The number of aromatic nitrogens is 1. The fraction of sp³-hybridized carbons (Fsp3) is 0.429. The van der Waals surface area contributed by atoms with E-state index in [4.69, 9.17) is 4.74 Å². The molecule has 26 heavy (non-hydrogen) atoms. The maximum Gasteiger partial charge on any atom is 0.257 e. The Morgan fingerprint density at radius 3 is 2.62 bits per heavy atom. The average molecular weight is 351 g/mol. The molecule has 2 heterocycles. The van der Waals surface area contributed by atoms with Crippen LogP contribution in [-0.2, 0) is 4.74 Å². The predicted molar refractivity (Wildman–Crippen MR) is 102 cm³/mol. The predicted octanol–water partition coefficient (Wildman–Crippen LogP) is 4.01. The molecule has 1 aromatic heterocycles. The van der Waals surface area contributed by atoms with Crippen LogP contribution >= 0.6 is 0 Å². The molecule has 1 saturated heterocycles. The van der Waals surface area contributed by atoms with Crippen molar-refractivity contribution >= 4 is 17.4 Å². The molecule has 1 amide bonds. The quantitative estimate of drug-likeness (QED) is 0.854. The SMILES string of the molecule is Cc1ccc(NC(=O)c2ccc(NC3CCOC(C4CC4)C3)nc2)cc1. The Morgan fingerprint density at radius 1 is 1.12 bits per heavy atom. The van der Waals surface area contributed by atoms with Crippen molar-refractivity contribution in [3.8, 4) is 0 Å². The van der Waals surface area contributed by atoms with Gasteiger partial charge in [0.1, 0.15) is 5.82 Å². The molecule has 2 atom stereocenters. The van der Waals surface area contributed by atoms with Crippen molar-refractivity contribution in [2.75, 3.05) is 17.2 Å². The Balaban J connectivity index is 1.33. The van der Waals surface area contributed by atoms with Crippen LogP contribution in [0, 0.1) is 12.8 Å². The van der Waals surface area contributed by atoms with Crippen molar-refractivity contribution in [2.45, 2.75) is 44.8 Å².